The maximum atomic E-state index is 12.9. The van der Waals surface area contributed by atoms with E-state index in [1.54, 1.807) is 5.57 Å². The van der Waals surface area contributed by atoms with Gasteiger partial charge in [0.05, 0.1) is 12.0 Å². The number of hydrogen-bond acceptors (Lipinski definition) is 3. The molecule has 2 saturated carbocycles. The van der Waals surface area contributed by atoms with Gasteiger partial charge in [0.2, 0.25) is 0 Å². The Balaban J connectivity index is 1.87. The van der Waals surface area contributed by atoms with Gasteiger partial charge in [0, 0.05) is 7.98 Å². The van der Waals surface area contributed by atoms with Crippen LogP contribution in [0.25, 0.3) is 0 Å². The van der Waals surface area contributed by atoms with E-state index in [1.807, 2.05) is 0 Å². The minimum absolute atomic E-state index is 0.0827. The first-order valence-corrected chi connectivity index (χ1v) is 10.1. The number of esters is 1. The molecule has 0 saturated heterocycles. The number of ether oxygens (including phenoxy) is 1. The van der Waals surface area contributed by atoms with E-state index in [0.29, 0.717) is 11.8 Å². The van der Waals surface area contributed by atoms with Crippen molar-refractivity contribution in [3.8, 4) is 0 Å². The molecule has 3 nitrogen and oxygen atoms in total. The van der Waals surface area contributed by atoms with Crippen LogP contribution < -0.4 is 0 Å². The predicted molar refractivity (Wildman–Crippen MR) is 100 cm³/mol. The summed E-state index contributed by atoms with van der Waals surface area (Å²) in [6.45, 7) is 7.43. The first kappa shape index (κ1) is 17.6. The molecule has 3 aliphatic rings. The lowest BCUT2D eigenvalue weighted by Gasteiger charge is -2.58. The molecule has 3 heteroatoms. The van der Waals surface area contributed by atoms with Crippen molar-refractivity contribution in [2.75, 3.05) is 13.2 Å². The summed E-state index contributed by atoms with van der Waals surface area (Å²) < 4.78 is 12.7. The largest absolute Gasteiger partial charge is 0.466 e. The van der Waals surface area contributed by atoms with Crippen LogP contribution in [0, 0.1) is 28.1 Å². The molecule has 5 atom stereocenters. The molecule has 0 spiro atoms. The van der Waals surface area contributed by atoms with Crippen molar-refractivity contribution in [3.63, 3.8) is 0 Å². The number of aliphatic hydroxyl groups excluding tert-OH is 1. The Hall–Kier alpha value is -0.830. The number of carbonyl (C=O) groups is 1. The smallest absolute Gasteiger partial charge is 0.312 e. The van der Waals surface area contributed by atoms with Gasteiger partial charge in [0.15, 0.2) is 0 Å². The van der Waals surface area contributed by atoms with Crippen molar-refractivity contribution in [3.05, 3.63) is 11.6 Å². The Bertz CT molecular complexity index is 574. The molecular weight excluding hydrogens is 312 g/mol. The fourth-order valence-electron chi connectivity index (χ4n) is 6.47. The number of allylic oxidation sites excluding steroid dienone is 2. The number of rotatable bonds is 4. The molecule has 0 aromatic heterocycles. The van der Waals surface area contributed by atoms with Crippen LogP contribution in [-0.4, -0.2) is 24.3 Å². The average molecular weight is 351 g/mol. The Morgan fingerprint density at radius 1 is 1.36 bits per heavy atom. The van der Waals surface area contributed by atoms with E-state index in [0.717, 1.165) is 44.9 Å². The van der Waals surface area contributed by atoms with Gasteiger partial charge in [-0.2, -0.15) is 0 Å². The monoisotopic (exact) mass is 350 g/mol. The third-order valence-corrected chi connectivity index (χ3v) is 7.80. The van der Waals surface area contributed by atoms with Gasteiger partial charge < -0.3 is 9.84 Å². The van der Waals surface area contributed by atoms with Crippen LogP contribution in [0.3, 0.4) is 0 Å². The topological polar surface area (TPSA) is 46.5 Å². The highest BCUT2D eigenvalue weighted by molar-refractivity contribution is 5.77. The van der Waals surface area contributed by atoms with Gasteiger partial charge in [-0.1, -0.05) is 31.9 Å². The third-order valence-electron chi connectivity index (χ3n) is 7.80. The van der Waals surface area contributed by atoms with Crippen LogP contribution in [0.2, 0.25) is 0 Å². The molecular formula is C22H36O3. The molecule has 0 heterocycles. The zero-order valence-electron chi connectivity index (χ0n) is 17.3. The van der Waals surface area contributed by atoms with Crippen molar-refractivity contribution in [2.45, 2.75) is 79.0 Å². The SMILES string of the molecule is [3H]CCOC(=O)C1(C)CCC[C@@]2(C)C3=CC[C@](C)(CCO)CC3CCC12. The summed E-state index contributed by atoms with van der Waals surface area (Å²) in [7, 11) is 0. The first-order valence-electron chi connectivity index (χ1n) is 10.8. The maximum Gasteiger partial charge on any atom is 0.312 e. The van der Waals surface area contributed by atoms with E-state index < -0.39 is 5.41 Å². The Morgan fingerprint density at radius 3 is 2.88 bits per heavy atom. The second kappa shape index (κ2) is 6.72. The zero-order chi connectivity index (χ0) is 19.0. The van der Waals surface area contributed by atoms with Gasteiger partial charge in [-0.3, -0.25) is 4.79 Å². The van der Waals surface area contributed by atoms with E-state index in [1.165, 1.54) is 6.42 Å². The maximum absolute atomic E-state index is 12.9. The minimum Gasteiger partial charge on any atom is -0.466 e. The lowest BCUT2D eigenvalue weighted by Crippen LogP contribution is -2.53. The lowest BCUT2D eigenvalue weighted by molar-refractivity contribution is -0.167. The third kappa shape index (κ3) is 3.07. The molecule has 142 valence electrons. The van der Waals surface area contributed by atoms with Crippen LogP contribution in [0.15, 0.2) is 11.6 Å². The average Bonchev–Trinajstić information content (AvgIpc) is 2.59. The predicted octanol–water partition coefficient (Wildman–Crippen LogP) is 4.88. The van der Waals surface area contributed by atoms with Crippen LogP contribution in [0.5, 0.6) is 0 Å². The lowest BCUT2D eigenvalue weighted by atomic mass is 9.46. The molecule has 25 heavy (non-hydrogen) atoms. The summed E-state index contributed by atoms with van der Waals surface area (Å²) in [6.07, 6.45) is 10.9. The van der Waals surface area contributed by atoms with Crippen LogP contribution >= 0.6 is 0 Å². The molecule has 0 radical (unpaired) electrons. The van der Waals surface area contributed by atoms with Gasteiger partial charge in [0.25, 0.3) is 0 Å². The highest BCUT2D eigenvalue weighted by atomic mass is 16.5. The summed E-state index contributed by atoms with van der Waals surface area (Å²) in [5.41, 5.74) is 1.48. The Kier molecular flexibility index (Phi) is 4.72. The number of fused-ring (bicyclic) bond motifs is 3. The number of hydrogen-bond donors (Lipinski definition) is 1. The van der Waals surface area contributed by atoms with E-state index in [-0.39, 0.29) is 36.9 Å². The zero-order valence-corrected chi connectivity index (χ0v) is 16.3. The van der Waals surface area contributed by atoms with E-state index >= 15 is 0 Å². The molecule has 0 bridgehead atoms. The molecule has 0 aromatic carbocycles. The van der Waals surface area contributed by atoms with Gasteiger partial charge in [-0.05, 0) is 81.4 Å². The van der Waals surface area contributed by atoms with Crippen molar-refractivity contribution < 1.29 is 16.0 Å². The fraction of sp³-hybridized carbons (Fsp3) is 0.864. The van der Waals surface area contributed by atoms with Crippen LogP contribution in [-0.2, 0) is 9.53 Å². The standard InChI is InChI=1S/C22H36O3/c1-5-25-19(24)22(4)11-6-10-21(3)17-9-12-20(2,13-14-23)15-16(17)7-8-18(21)22/h9,16,18,23H,5-8,10-15H2,1-4H3/t16?,18?,20-,21+,22?/m1/s1/i1T. The summed E-state index contributed by atoms with van der Waals surface area (Å²) in [5, 5.41) is 9.43. The summed E-state index contributed by atoms with van der Waals surface area (Å²) in [5.74, 6) is 0.862. The van der Waals surface area contributed by atoms with Gasteiger partial charge in [-0.25, -0.2) is 0 Å². The number of aliphatic hydroxyl groups is 1. The van der Waals surface area contributed by atoms with Gasteiger partial charge in [-0.15, -0.1) is 0 Å². The van der Waals surface area contributed by atoms with Crippen molar-refractivity contribution >= 4 is 5.97 Å². The normalized spacial score (nSPS) is 44.2. The van der Waals surface area contributed by atoms with Crippen LogP contribution in [0.4, 0.5) is 0 Å². The molecule has 1 N–H and O–H groups in total. The molecule has 3 unspecified atom stereocenters. The highest BCUT2D eigenvalue weighted by Crippen LogP contribution is 2.64. The van der Waals surface area contributed by atoms with Crippen molar-refractivity contribution in [2.24, 2.45) is 28.1 Å². The van der Waals surface area contributed by atoms with Gasteiger partial charge in [0.1, 0.15) is 0 Å². The second-order valence-electron chi connectivity index (χ2n) is 9.50. The minimum atomic E-state index is -0.417. The Labute approximate surface area is 154 Å². The van der Waals surface area contributed by atoms with E-state index in [4.69, 9.17) is 6.11 Å². The molecule has 3 rings (SSSR count). The first-order chi connectivity index (χ1) is 12.3. The molecule has 2 fully saturated rings. The molecule has 0 aromatic rings. The highest BCUT2D eigenvalue weighted by Gasteiger charge is 2.58. The summed E-state index contributed by atoms with van der Waals surface area (Å²) in [6, 6.07) is 0. The molecule has 0 amide bonds. The summed E-state index contributed by atoms with van der Waals surface area (Å²) in [4.78, 5) is 12.9. The van der Waals surface area contributed by atoms with E-state index in [9.17, 15) is 9.90 Å². The quantitative estimate of drug-likeness (QED) is 0.580. The summed E-state index contributed by atoms with van der Waals surface area (Å²) >= 11 is 0. The Morgan fingerprint density at radius 2 is 2.16 bits per heavy atom. The van der Waals surface area contributed by atoms with Crippen LogP contribution in [0.1, 0.15) is 80.4 Å². The molecule has 3 aliphatic carbocycles. The fourth-order valence-corrected chi connectivity index (χ4v) is 6.47. The number of carbonyl (C=O) groups excluding carboxylic acids is 1. The van der Waals surface area contributed by atoms with Crippen molar-refractivity contribution in [1.82, 2.24) is 0 Å². The van der Waals surface area contributed by atoms with E-state index in [2.05, 4.69) is 26.8 Å². The molecule has 0 aliphatic heterocycles. The van der Waals surface area contributed by atoms with Gasteiger partial charge >= 0.3 is 5.97 Å². The second-order valence-corrected chi connectivity index (χ2v) is 9.50. The van der Waals surface area contributed by atoms with Crippen molar-refractivity contribution in [1.29, 1.82) is 0 Å².